The van der Waals surface area contributed by atoms with Crippen LogP contribution in [0.2, 0.25) is 0 Å². The van der Waals surface area contributed by atoms with Gasteiger partial charge in [-0.1, -0.05) is 93.5 Å². The standard InChI is InChI=1S/C46H54N4.4BrH.2Cu/c1-28(2)38-19-18-33(11)43(34-22-39(29(3)4)45(40(23-34)30(5)6)49-26-36-16-12-14-20-47-36)44(38)35-24-41(31(7)8)46(42(25-35)32(9)10)50-27-37-17-13-15-21-48-37;;;;;;/h12-32H,1-11H3;4*1H;;/q;;;;;2*+2/p-4. The van der Waals surface area contributed by atoms with Crippen LogP contribution in [0.1, 0.15) is 144 Å². The Morgan fingerprint density at radius 1 is 0.446 bits per heavy atom. The van der Waals surface area contributed by atoms with Gasteiger partial charge in [0.25, 0.3) is 0 Å². The van der Waals surface area contributed by atoms with Crippen LogP contribution in [0.3, 0.4) is 0 Å². The molecule has 0 fully saturated rings. The first kappa shape index (κ1) is 56.4. The van der Waals surface area contributed by atoms with E-state index in [1.807, 2.05) is 61.2 Å². The number of hydrogen-bond donors (Lipinski definition) is 0. The summed E-state index contributed by atoms with van der Waals surface area (Å²) in [6.07, 6.45) is 7.45. The van der Waals surface area contributed by atoms with Crippen molar-refractivity contribution in [2.75, 3.05) is 0 Å². The van der Waals surface area contributed by atoms with E-state index in [0.717, 1.165) is 22.8 Å². The smallest absolute Gasteiger partial charge is 1.00 e. The number of benzene rings is 3. The van der Waals surface area contributed by atoms with E-state index >= 15 is 0 Å². The molecule has 0 aliphatic rings. The molecule has 56 heavy (non-hydrogen) atoms. The number of nitrogens with zero attached hydrogens (tertiary/aromatic N) is 4. The molecule has 0 aliphatic carbocycles. The summed E-state index contributed by atoms with van der Waals surface area (Å²) in [6, 6.07) is 26.2. The van der Waals surface area contributed by atoms with E-state index in [0.29, 0.717) is 5.92 Å². The van der Waals surface area contributed by atoms with Crippen molar-refractivity contribution in [3.8, 4) is 22.3 Å². The van der Waals surface area contributed by atoms with Crippen LogP contribution in [0, 0.1) is 6.92 Å². The molecule has 0 atom stereocenters. The normalized spacial score (nSPS) is 10.9. The van der Waals surface area contributed by atoms with Crippen molar-refractivity contribution < 1.29 is 102 Å². The maximum absolute atomic E-state index is 5.12. The number of hydrogen-bond acceptors (Lipinski definition) is 4. The Morgan fingerprint density at radius 3 is 1.09 bits per heavy atom. The Morgan fingerprint density at radius 2 is 0.786 bits per heavy atom. The predicted octanol–water partition coefficient (Wildman–Crippen LogP) is 1.25. The molecule has 2 radical (unpaired) electrons. The molecule has 5 rings (SSSR count). The predicted molar refractivity (Wildman–Crippen MR) is 215 cm³/mol. The van der Waals surface area contributed by atoms with Gasteiger partial charge in [-0.25, -0.2) is 0 Å². The van der Waals surface area contributed by atoms with Crippen LogP contribution < -0.4 is 67.9 Å². The molecule has 5 aromatic rings. The van der Waals surface area contributed by atoms with Crippen LogP contribution in [0.15, 0.2) is 95.2 Å². The molecule has 0 spiro atoms. The van der Waals surface area contributed by atoms with Crippen molar-refractivity contribution in [1.29, 1.82) is 0 Å². The minimum absolute atomic E-state index is 0. The molecule has 0 amide bonds. The van der Waals surface area contributed by atoms with E-state index < -0.39 is 0 Å². The number of aliphatic imine (C=N–C) groups is 2. The zero-order chi connectivity index (χ0) is 36.1. The fraction of sp³-hybridized carbons (Fsp3) is 0.348. The van der Waals surface area contributed by atoms with Crippen molar-refractivity contribution in [2.24, 2.45) is 9.98 Å². The molecular formula is C46H54Br4Cu2N4. The summed E-state index contributed by atoms with van der Waals surface area (Å²) in [5, 5.41) is 0. The van der Waals surface area contributed by atoms with Gasteiger partial charge in [-0.2, -0.15) is 0 Å². The number of aromatic nitrogens is 2. The first-order chi connectivity index (χ1) is 23.9. The van der Waals surface area contributed by atoms with Gasteiger partial charge >= 0.3 is 34.1 Å². The number of pyridine rings is 2. The summed E-state index contributed by atoms with van der Waals surface area (Å²) in [7, 11) is 0. The van der Waals surface area contributed by atoms with E-state index in [-0.39, 0.29) is 126 Å². The molecule has 10 heteroatoms. The third-order valence-electron chi connectivity index (χ3n) is 9.50. The molecule has 0 aliphatic heterocycles. The van der Waals surface area contributed by atoms with Crippen molar-refractivity contribution in [2.45, 2.75) is 106 Å². The van der Waals surface area contributed by atoms with Gasteiger partial charge in [-0.3, -0.25) is 20.0 Å². The summed E-state index contributed by atoms with van der Waals surface area (Å²) in [4.78, 5) is 19.2. The molecule has 4 nitrogen and oxygen atoms in total. The largest absolute Gasteiger partial charge is 2.00 e. The zero-order valence-corrected chi connectivity index (χ0v) is 42.3. The minimum atomic E-state index is 0. The van der Waals surface area contributed by atoms with Crippen LogP contribution in [0.4, 0.5) is 11.4 Å². The summed E-state index contributed by atoms with van der Waals surface area (Å²) < 4.78 is 0. The Bertz CT molecular complexity index is 1960. The van der Waals surface area contributed by atoms with Crippen LogP contribution in [-0.2, 0) is 34.1 Å². The fourth-order valence-corrected chi connectivity index (χ4v) is 6.76. The van der Waals surface area contributed by atoms with Crippen LogP contribution in [0.5, 0.6) is 0 Å². The Labute approximate surface area is 400 Å². The monoisotopic (exact) mass is 1100 g/mol. The number of halogens is 4. The topological polar surface area (TPSA) is 50.5 Å². The minimum Gasteiger partial charge on any atom is -1.00 e. The molecule has 308 valence electrons. The van der Waals surface area contributed by atoms with Crippen molar-refractivity contribution in [3.63, 3.8) is 0 Å². The molecule has 0 unspecified atom stereocenters. The van der Waals surface area contributed by atoms with Gasteiger partial charge in [-0.05, 0) is 141 Å². The third-order valence-corrected chi connectivity index (χ3v) is 9.50. The van der Waals surface area contributed by atoms with Gasteiger partial charge in [0.05, 0.1) is 35.2 Å². The second kappa shape index (κ2) is 25.7. The van der Waals surface area contributed by atoms with Crippen LogP contribution in [-0.4, -0.2) is 22.4 Å². The van der Waals surface area contributed by atoms with E-state index in [4.69, 9.17) is 9.98 Å². The van der Waals surface area contributed by atoms with Crippen molar-refractivity contribution in [3.05, 3.63) is 130 Å². The number of aryl methyl sites for hydroxylation is 1. The van der Waals surface area contributed by atoms with Gasteiger partial charge in [-0.15, -0.1) is 0 Å². The summed E-state index contributed by atoms with van der Waals surface area (Å²) in [5.74, 6) is 1.49. The van der Waals surface area contributed by atoms with E-state index in [1.54, 1.807) is 0 Å². The summed E-state index contributed by atoms with van der Waals surface area (Å²) in [5.41, 5.74) is 16.6. The van der Waals surface area contributed by atoms with E-state index in [2.05, 4.69) is 123 Å². The molecule has 0 saturated carbocycles. The Hall–Kier alpha value is -1.74. The van der Waals surface area contributed by atoms with E-state index in [9.17, 15) is 0 Å². The first-order valence-electron chi connectivity index (χ1n) is 18.3. The summed E-state index contributed by atoms with van der Waals surface area (Å²) >= 11 is 0. The molecule has 2 aromatic heterocycles. The molecule has 3 aromatic carbocycles. The van der Waals surface area contributed by atoms with Gasteiger partial charge in [0.15, 0.2) is 0 Å². The average Bonchev–Trinajstić information content (AvgIpc) is 3.09. The van der Waals surface area contributed by atoms with Crippen LogP contribution in [0.25, 0.3) is 22.3 Å². The van der Waals surface area contributed by atoms with E-state index in [1.165, 1.54) is 55.6 Å². The first-order valence-corrected chi connectivity index (χ1v) is 18.3. The van der Waals surface area contributed by atoms with Gasteiger partial charge in [0.1, 0.15) is 0 Å². The van der Waals surface area contributed by atoms with Gasteiger partial charge < -0.3 is 67.9 Å². The molecule has 0 bridgehead atoms. The zero-order valence-electron chi connectivity index (χ0n) is 34.0. The van der Waals surface area contributed by atoms with Crippen molar-refractivity contribution >= 4 is 23.8 Å². The van der Waals surface area contributed by atoms with Gasteiger partial charge in [0, 0.05) is 12.4 Å². The Kier molecular flexibility index (Phi) is 25.8. The van der Waals surface area contributed by atoms with Gasteiger partial charge in [0.2, 0.25) is 0 Å². The number of rotatable bonds is 11. The Balaban J connectivity index is 0. The molecule has 0 saturated heterocycles. The molecule has 0 N–H and O–H groups in total. The SMILES string of the molecule is Cc1ccc(C(C)C)c(-c2cc(C(C)C)c(N=Cc3ccccn3)c(C(C)C)c2)c1-c1cc(C(C)C)c(N=Cc2ccccn2)c(C(C)C)c1.[Br-].[Br-].[Br-].[Br-].[Cu+2].[Cu+2]. The van der Waals surface area contributed by atoms with Crippen LogP contribution >= 0.6 is 0 Å². The second-order valence-corrected chi connectivity index (χ2v) is 15.0. The maximum atomic E-state index is 5.12. The third kappa shape index (κ3) is 13.4. The maximum Gasteiger partial charge on any atom is 2.00 e. The average molecular weight is 1110 g/mol. The second-order valence-electron chi connectivity index (χ2n) is 15.0. The van der Waals surface area contributed by atoms with Crippen molar-refractivity contribution in [1.82, 2.24) is 9.97 Å². The molecular weight excluding hydrogens is 1060 g/mol. The molecule has 2 heterocycles. The summed E-state index contributed by atoms with van der Waals surface area (Å²) in [6.45, 7) is 25.1. The quantitative estimate of drug-likeness (QED) is 0.148. The fourth-order valence-electron chi connectivity index (χ4n) is 6.76.